The van der Waals surface area contributed by atoms with E-state index in [-0.39, 0.29) is 127 Å². The molecule has 0 aliphatic carbocycles. The van der Waals surface area contributed by atoms with Gasteiger partial charge in [-0.05, 0) is 0 Å². The van der Waals surface area contributed by atoms with Crippen molar-refractivity contribution in [2.24, 2.45) is 0 Å². The van der Waals surface area contributed by atoms with Crippen molar-refractivity contribution in [1.29, 1.82) is 0 Å². The fourth-order valence-electron chi connectivity index (χ4n) is 0. The Labute approximate surface area is 178 Å². The van der Waals surface area contributed by atoms with Crippen LogP contribution in [0.15, 0.2) is 0 Å². The van der Waals surface area contributed by atoms with E-state index in [0.29, 0.717) is 0 Å². The average Bonchev–Trinajstić information content (AvgIpc) is 1.12. The zero-order chi connectivity index (χ0) is 9.00. The quantitative estimate of drug-likeness (QED) is 0.224. The molecule has 0 atom stereocenters. The van der Waals surface area contributed by atoms with E-state index >= 15 is 0 Å². The zero-order valence-electron chi connectivity index (χ0n) is 8.20. The smallest absolute Gasteiger partial charge is 1.00 e. The molecule has 0 heterocycles. The van der Waals surface area contributed by atoms with Crippen molar-refractivity contribution in [1.82, 2.24) is 0 Å². The number of hydrogen-bond donors (Lipinski definition) is 0. The van der Waals surface area contributed by atoms with Gasteiger partial charge in [-0.1, -0.05) is 0 Å². The summed E-state index contributed by atoms with van der Waals surface area (Å²) in [4.78, 5) is 0. The van der Waals surface area contributed by atoms with Crippen molar-refractivity contribution in [3.63, 3.8) is 0 Å². The molecule has 13 heteroatoms. The SMILES string of the molecule is O=S(=O)([O-])[O-].O=S(=O)([O-])[O-].[Ba+2].[Ca+2].[Ca+2].[H-].[H-]. The van der Waals surface area contributed by atoms with Gasteiger partial charge in [0, 0.05) is 20.8 Å². The van der Waals surface area contributed by atoms with Crippen molar-refractivity contribution >= 4 is 145 Å². The summed E-state index contributed by atoms with van der Waals surface area (Å²) in [5.74, 6) is 0. The Morgan fingerprint density at radius 1 is 0.692 bits per heavy atom. The molecule has 0 saturated carbocycles. The van der Waals surface area contributed by atoms with Crippen LogP contribution >= 0.6 is 0 Å². The third-order valence-corrected chi connectivity index (χ3v) is 0. The maximum Gasteiger partial charge on any atom is 2.00 e. The Morgan fingerprint density at radius 2 is 0.692 bits per heavy atom. The van der Waals surface area contributed by atoms with Gasteiger partial charge in [-0.3, -0.25) is 16.8 Å². The second-order valence-electron chi connectivity index (χ2n) is 0.816. The first kappa shape index (κ1) is 30.1. The number of rotatable bonds is 0. The van der Waals surface area contributed by atoms with E-state index in [0.717, 1.165) is 0 Å². The van der Waals surface area contributed by atoms with E-state index in [1.54, 1.807) is 0 Å². The first-order chi connectivity index (χ1) is 4.00. The molecular formula is H2BaCa2O8S2. The van der Waals surface area contributed by atoms with E-state index in [2.05, 4.69) is 0 Å². The van der Waals surface area contributed by atoms with Gasteiger partial charge in [0.25, 0.3) is 0 Å². The second kappa shape index (κ2) is 13.9. The van der Waals surface area contributed by atoms with Crippen LogP contribution in [-0.2, 0) is 20.8 Å². The first-order valence-corrected chi connectivity index (χ1v) is 4.00. The minimum Gasteiger partial charge on any atom is -1.00 e. The molecule has 0 spiro atoms. The molecule has 0 radical (unpaired) electrons. The molecule has 0 aromatic rings. The molecule has 0 fully saturated rings. The minimum absolute atomic E-state index is 0. The third-order valence-electron chi connectivity index (χ3n) is 0. The fourth-order valence-corrected chi connectivity index (χ4v) is 0. The molecule has 68 valence electrons. The normalized spacial score (nSPS) is 8.92. The van der Waals surface area contributed by atoms with Gasteiger partial charge in [-0.15, -0.1) is 0 Å². The van der Waals surface area contributed by atoms with Crippen molar-refractivity contribution in [3.05, 3.63) is 0 Å². The predicted octanol–water partition coefficient (Wildman–Crippen LogP) is -3.59. The average molecular weight is 412 g/mol. The molecule has 8 nitrogen and oxygen atoms in total. The maximum absolute atomic E-state index is 8.52. The standard InChI is InChI=1S/Ba.2Ca.2H2O4S.2H/c;;;2*1-5(2,3)4;;/h;;;2*(H2,1,2,3,4);;/q3*+2;;;2*-1/p-4. The Hall–Kier alpha value is 3.83. The molecule has 13 heavy (non-hydrogen) atoms. The molecule has 0 N–H and O–H groups in total. The van der Waals surface area contributed by atoms with Gasteiger partial charge >= 0.3 is 124 Å². The van der Waals surface area contributed by atoms with Gasteiger partial charge in [0.15, 0.2) is 0 Å². The number of hydrogen-bond acceptors (Lipinski definition) is 8. The summed E-state index contributed by atoms with van der Waals surface area (Å²) in [6.07, 6.45) is 0. The summed E-state index contributed by atoms with van der Waals surface area (Å²) in [5.41, 5.74) is 0. The van der Waals surface area contributed by atoms with Crippen LogP contribution in [-0.4, -0.2) is 159 Å². The summed E-state index contributed by atoms with van der Waals surface area (Å²) in [6, 6.07) is 0. The van der Waals surface area contributed by atoms with Crippen LogP contribution in [0.4, 0.5) is 0 Å². The van der Waals surface area contributed by atoms with Gasteiger partial charge in [0.2, 0.25) is 0 Å². The van der Waals surface area contributed by atoms with Crippen LogP contribution in [0.5, 0.6) is 0 Å². The molecular weight excluding hydrogens is 410 g/mol. The molecule has 0 aromatic carbocycles. The minimum atomic E-state index is -5.17. The topological polar surface area (TPSA) is 161 Å². The van der Waals surface area contributed by atoms with E-state index in [9.17, 15) is 0 Å². The summed E-state index contributed by atoms with van der Waals surface area (Å²) >= 11 is 0. The zero-order valence-corrected chi connectivity index (χ0v) is 16.7. The van der Waals surface area contributed by atoms with Crippen molar-refractivity contribution < 1.29 is 37.9 Å². The molecule has 0 bridgehead atoms. The van der Waals surface area contributed by atoms with E-state index in [1.165, 1.54) is 0 Å². The molecule has 0 rings (SSSR count). The molecule has 0 aliphatic heterocycles. The van der Waals surface area contributed by atoms with Crippen LogP contribution in [0.25, 0.3) is 0 Å². The van der Waals surface area contributed by atoms with Gasteiger partial charge < -0.3 is 21.1 Å². The summed E-state index contributed by atoms with van der Waals surface area (Å²) < 4.78 is 68.2. The maximum atomic E-state index is 8.52. The van der Waals surface area contributed by atoms with Crippen LogP contribution in [0, 0.1) is 0 Å². The summed E-state index contributed by atoms with van der Waals surface area (Å²) in [5, 5.41) is 0. The molecule has 0 aliphatic rings. The third kappa shape index (κ3) is 206. The largest absolute Gasteiger partial charge is 2.00 e. The van der Waals surface area contributed by atoms with Crippen molar-refractivity contribution in [2.45, 2.75) is 0 Å². The van der Waals surface area contributed by atoms with Gasteiger partial charge in [0.05, 0.1) is 0 Å². The second-order valence-corrected chi connectivity index (χ2v) is 2.45. The molecule has 0 saturated heterocycles. The molecule has 0 amide bonds. The molecule has 0 aromatic heterocycles. The van der Waals surface area contributed by atoms with Gasteiger partial charge in [-0.25, -0.2) is 0 Å². The Balaban J connectivity index is -0.0000000128. The Morgan fingerprint density at radius 3 is 0.692 bits per heavy atom. The van der Waals surface area contributed by atoms with Crippen LogP contribution in [0.3, 0.4) is 0 Å². The predicted molar refractivity (Wildman–Crippen MR) is 40.4 cm³/mol. The molecule has 0 unspecified atom stereocenters. The van der Waals surface area contributed by atoms with E-state index in [1.807, 2.05) is 0 Å². The first-order valence-electron chi connectivity index (χ1n) is 1.33. The van der Waals surface area contributed by atoms with Crippen molar-refractivity contribution in [2.75, 3.05) is 0 Å². The van der Waals surface area contributed by atoms with Crippen LogP contribution < -0.4 is 0 Å². The summed E-state index contributed by atoms with van der Waals surface area (Å²) in [6.45, 7) is 0. The fraction of sp³-hybridized carbons (Fsp3) is 0. The van der Waals surface area contributed by atoms with Gasteiger partial charge in [0.1, 0.15) is 0 Å². The van der Waals surface area contributed by atoms with E-state index < -0.39 is 20.8 Å². The monoisotopic (exact) mass is 412 g/mol. The van der Waals surface area contributed by atoms with Gasteiger partial charge in [-0.2, -0.15) is 0 Å². The van der Waals surface area contributed by atoms with Crippen LogP contribution in [0.1, 0.15) is 2.85 Å². The van der Waals surface area contributed by atoms with Crippen LogP contribution in [0.2, 0.25) is 0 Å². The Bertz CT molecular complexity index is 225. The Kier molecular flexibility index (Phi) is 32.2. The van der Waals surface area contributed by atoms with Crippen molar-refractivity contribution in [3.8, 4) is 0 Å². The summed E-state index contributed by atoms with van der Waals surface area (Å²) in [7, 11) is -10.3. The van der Waals surface area contributed by atoms with E-state index in [4.69, 9.17) is 35.0 Å².